The molecule has 0 spiro atoms. The van der Waals surface area contributed by atoms with E-state index in [9.17, 15) is 4.79 Å². The molecule has 1 saturated heterocycles. The van der Waals surface area contributed by atoms with E-state index < -0.39 is 0 Å². The Kier molecular flexibility index (Phi) is 5.44. The second kappa shape index (κ2) is 7.58. The summed E-state index contributed by atoms with van der Waals surface area (Å²) in [6.07, 6.45) is 3.71. The molecule has 7 nitrogen and oxygen atoms in total. The lowest BCUT2D eigenvalue weighted by Crippen LogP contribution is -2.49. The van der Waals surface area contributed by atoms with E-state index in [1.54, 1.807) is 10.9 Å². The standard InChI is InChI=1S/C17H25ClN6O/c1-4-23-11-15(13(2)20-23)10-21-5-7-22(8-6-21)17(25)12-24-14(3)16(18)9-19-24/h9,11H,4-8,10,12H2,1-3H3. The van der Waals surface area contributed by atoms with E-state index in [-0.39, 0.29) is 12.5 Å². The van der Waals surface area contributed by atoms with E-state index in [4.69, 9.17) is 11.6 Å². The SMILES string of the molecule is CCn1cc(CN2CCN(C(=O)Cn3ncc(Cl)c3C)CC2)c(C)n1. The smallest absolute Gasteiger partial charge is 0.244 e. The maximum absolute atomic E-state index is 12.5. The number of hydrogen-bond acceptors (Lipinski definition) is 4. The zero-order chi connectivity index (χ0) is 18.0. The number of hydrogen-bond donors (Lipinski definition) is 0. The number of carbonyl (C=O) groups is 1. The van der Waals surface area contributed by atoms with Crippen LogP contribution in [0.5, 0.6) is 0 Å². The van der Waals surface area contributed by atoms with Gasteiger partial charge < -0.3 is 4.90 Å². The third kappa shape index (κ3) is 4.04. The van der Waals surface area contributed by atoms with Gasteiger partial charge in [-0.1, -0.05) is 11.6 Å². The van der Waals surface area contributed by atoms with E-state index in [1.165, 1.54) is 5.56 Å². The molecule has 2 aromatic rings. The minimum absolute atomic E-state index is 0.0949. The largest absolute Gasteiger partial charge is 0.339 e. The zero-order valence-electron chi connectivity index (χ0n) is 15.1. The summed E-state index contributed by atoms with van der Waals surface area (Å²) < 4.78 is 3.64. The summed E-state index contributed by atoms with van der Waals surface area (Å²) in [5.41, 5.74) is 3.19. The average molecular weight is 365 g/mol. The molecular weight excluding hydrogens is 340 g/mol. The topological polar surface area (TPSA) is 59.2 Å². The fraction of sp³-hybridized carbons (Fsp3) is 0.588. The molecule has 3 rings (SSSR count). The third-order valence-corrected chi connectivity index (χ3v) is 5.19. The molecular formula is C17H25ClN6O. The van der Waals surface area contributed by atoms with Crippen LogP contribution in [0, 0.1) is 13.8 Å². The molecule has 0 atom stereocenters. The Morgan fingerprint density at radius 1 is 1.24 bits per heavy atom. The summed E-state index contributed by atoms with van der Waals surface area (Å²) in [6, 6.07) is 0. The Bertz CT molecular complexity index is 744. The Morgan fingerprint density at radius 3 is 2.52 bits per heavy atom. The van der Waals surface area contributed by atoms with Gasteiger partial charge in [0.15, 0.2) is 0 Å². The van der Waals surface area contributed by atoms with Crippen LogP contribution in [-0.2, 0) is 24.4 Å². The number of halogens is 1. The Labute approximate surface area is 153 Å². The summed E-state index contributed by atoms with van der Waals surface area (Å²) in [5.74, 6) is 0.0949. The minimum Gasteiger partial charge on any atom is -0.339 e. The summed E-state index contributed by atoms with van der Waals surface area (Å²) in [4.78, 5) is 16.8. The maximum Gasteiger partial charge on any atom is 0.244 e. The molecule has 0 aliphatic carbocycles. The van der Waals surface area contributed by atoms with Crippen molar-refractivity contribution in [2.75, 3.05) is 26.2 Å². The van der Waals surface area contributed by atoms with Crippen molar-refractivity contribution in [3.05, 3.63) is 34.4 Å². The second-order valence-electron chi connectivity index (χ2n) is 6.49. The average Bonchev–Trinajstić information content (AvgIpc) is 3.12. The highest BCUT2D eigenvalue weighted by atomic mass is 35.5. The van der Waals surface area contributed by atoms with Crippen molar-refractivity contribution in [3.63, 3.8) is 0 Å². The molecule has 1 amide bonds. The molecule has 3 heterocycles. The lowest BCUT2D eigenvalue weighted by atomic mass is 10.2. The molecule has 1 aliphatic heterocycles. The van der Waals surface area contributed by atoms with Crippen molar-refractivity contribution in [3.8, 4) is 0 Å². The van der Waals surface area contributed by atoms with Gasteiger partial charge in [-0.25, -0.2) is 0 Å². The first-order valence-electron chi connectivity index (χ1n) is 8.69. The van der Waals surface area contributed by atoms with Crippen LogP contribution >= 0.6 is 11.6 Å². The van der Waals surface area contributed by atoms with E-state index in [0.29, 0.717) is 5.02 Å². The van der Waals surface area contributed by atoms with Crippen LogP contribution in [0.15, 0.2) is 12.4 Å². The van der Waals surface area contributed by atoms with E-state index in [2.05, 4.69) is 35.1 Å². The summed E-state index contributed by atoms with van der Waals surface area (Å²) >= 11 is 6.00. The number of piperazine rings is 1. The number of aryl methyl sites for hydroxylation is 2. The van der Waals surface area contributed by atoms with Gasteiger partial charge in [0.25, 0.3) is 0 Å². The van der Waals surface area contributed by atoms with Crippen molar-refractivity contribution in [2.24, 2.45) is 0 Å². The number of nitrogens with zero attached hydrogens (tertiary/aromatic N) is 6. The van der Waals surface area contributed by atoms with Crippen molar-refractivity contribution >= 4 is 17.5 Å². The van der Waals surface area contributed by atoms with Gasteiger partial charge >= 0.3 is 0 Å². The van der Waals surface area contributed by atoms with Crippen molar-refractivity contribution in [1.82, 2.24) is 29.4 Å². The molecule has 8 heteroatoms. The van der Waals surface area contributed by atoms with Crippen LogP contribution in [0.4, 0.5) is 0 Å². The third-order valence-electron chi connectivity index (χ3n) is 4.82. The van der Waals surface area contributed by atoms with Gasteiger partial charge in [0.1, 0.15) is 6.54 Å². The van der Waals surface area contributed by atoms with Crippen molar-refractivity contribution in [2.45, 2.75) is 40.4 Å². The van der Waals surface area contributed by atoms with Gasteiger partial charge in [-0.05, 0) is 20.8 Å². The van der Waals surface area contributed by atoms with Crippen LogP contribution in [-0.4, -0.2) is 61.4 Å². The number of rotatable bonds is 5. The highest BCUT2D eigenvalue weighted by molar-refractivity contribution is 6.31. The van der Waals surface area contributed by atoms with Crippen LogP contribution in [0.25, 0.3) is 0 Å². The van der Waals surface area contributed by atoms with E-state index in [1.807, 2.05) is 16.5 Å². The fourth-order valence-electron chi connectivity index (χ4n) is 3.08. The normalized spacial score (nSPS) is 15.8. The first kappa shape index (κ1) is 17.9. The van der Waals surface area contributed by atoms with Crippen LogP contribution < -0.4 is 0 Å². The number of amides is 1. The molecule has 136 valence electrons. The van der Waals surface area contributed by atoms with Crippen LogP contribution in [0.1, 0.15) is 23.9 Å². The maximum atomic E-state index is 12.5. The van der Waals surface area contributed by atoms with Crippen molar-refractivity contribution < 1.29 is 4.79 Å². The highest BCUT2D eigenvalue weighted by Gasteiger charge is 2.22. The van der Waals surface area contributed by atoms with E-state index >= 15 is 0 Å². The molecule has 2 aromatic heterocycles. The first-order valence-corrected chi connectivity index (χ1v) is 9.06. The van der Waals surface area contributed by atoms with Crippen molar-refractivity contribution in [1.29, 1.82) is 0 Å². The monoisotopic (exact) mass is 364 g/mol. The molecule has 0 N–H and O–H groups in total. The molecule has 0 saturated carbocycles. The van der Waals surface area contributed by atoms with Gasteiger partial charge in [-0.3, -0.25) is 19.1 Å². The summed E-state index contributed by atoms with van der Waals surface area (Å²) in [6.45, 7) is 11.3. The second-order valence-corrected chi connectivity index (χ2v) is 6.90. The fourth-order valence-corrected chi connectivity index (χ4v) is 3.23. The highest BCUT2D eigenvalue weighted by Crippen LogP contribution is 2.15. The van der Waals surface area contributed by atoms with Gasteiger partial charge in [0, 0.05) is 51.0 Å². The predicted molar refractivity (Wildman–Crippen MR) is 96.5 cm³/mol. The lowest BCUT2D eigenvalue weighted by Gasteiger charge is -2.34. The van der Waals surface area contributed by atoms with Gasteiger partial charge in [-0.15, -0.1) is 0 Å². The van der Waals surface area contributed by atoms with Crippen LogP contribution in [0.2, 0.25) is 5.02 Å². The Hall–Kier alpha value is -1.86. The van der Waals surface area contributed by atoms with Gasteiger partial charge in [-0.2, -0.15) is 10.2 Å². The number of aromatic nitrogens is 4. The number of carbonyl (C=O) groups excluding carboxylic acids is 1. The van der Waals surface area contributed by atoms with Gasteiger partial charge in [0.2, 0.25) is 5.91 Å². The molecule has 0 bridgehead atoms. The van der Waals surface area contributed by atoms with Crippen LogP contribution in [0.3, 0.4) is 0 Å². The first-order chi connectivity index (χ1) is 12.0. The molecule has 0 aromatic carbocycles. The summed E-state index contributed by atoms with van der Waals surface area (Å²) in [5, 5.41) is 9.26. The molecule has 1 aliphatic rings. The zero-order valence-corrected chi connectivity index (χ0v) is 15.8. The molecule has 25 heavy (non-hydrogen) atoms. The molecule has 0 unspecified atom stereocenters. The minimum atomic E-state index is 0.0949. The summed E-state index contributed by atoms with van der Waals surface area (Å²) in [7, 11) is 0. The molecule has 0 radical (unpaired) electrons. The Morgan fingerprint density at radius 2 is 1.96 bits per heavy atom. The molecule has 1 fully saturated rings. The van der Waals surface area contributed by atoms with Gasteiger partial charge in [0.05, 0.1) is 22.6 Å². The predicted octanol–water partition coefficient (Wildman–Crippen LogP) is 1.71. The Balaban J connectivity index is 1.52. The quantitative estimate of drug-likeness (QED) is 0.810. The lowest BCUT2D eigenvalue weighted by molar-refractivity contribution is -0.133. The van der Waals surface area contributed by atoms with E-state index in [0.717, 1.165) is 50.7 Å².